The Kier molecular flexibility index (Phi) is 9.48. The summed E-state index contributed by atoms with van der Waals surface area (Å²) < 4.78 is 10.9. The van der Waals surface area contributed by atoms with Gasteiger partial charge >= 0.3 is 0 Å². The Hall–Kier alpha value is -1.54. The first kappa shape index (κ1) is 20.5. The van der Waals surface area contributed by atoms with E-state index in [-0.39, 0.29) is 12.7 Å². The molecule has 0 spiro atoms. The molecule has 0 aliphatic heterocycles. The van der Waals surface area contributed by atoms with Gasteiger partial charge in [0.15, 0.2) is 18.1 Å². The minimum absolute atomic E-state index is 0.258. The summed E-state index contributed by atoms with van der Waals surface area (Å²) in [5.41, 5.74) is 6.02. The first-order valence-corrected chi connectivity index (χ1v) is 8.27. The van der Waals surface area contributed by atoms with E-state index in [1.807, 2.05) is 13.0 Å². The lowest BCUT2D eigenvalue weighted by molar-refractivity contribution is -0.119. The number of nitrogens with one attached hydrogen (secondary N) is 2. The number of aliphatic hydroxyl groups is 1. The number of aliphatic hydroxyl groups excluding tert-OH is 1. The summed E-state index contributed by atoms with van der Waals surface area (Å²) in [5, 5.41) is 15.9. The van der Waals surface area contributed by atoms with Crippen molar-refractivity contribution >= 4 is 17.5 Å². The van der Waals surface area contributed by atoms with Crippen LogP contribution >= 0.6 is 11.6 Å². The van der Waals surface area contributed by atoms with Crippen LogP contribution in [0.1, 0.15) is 19.4 Å². The molecule has 1 rings (SSSR count). The highest BCUT2D eigenvalue weighted by molar-refractivity contribution is 6.32. The van der Waals surface area contributed by atoms with Gasteiger partial charge in [-0.3, -0.25) is 4.79 Å². The first-order chi connectivity index (χ1) is 11.4. The lowest BCUT2D eigenvalue weighted by Crippen LogP contribution is -2.31. The van der Waals surface area contributed by atoms with E-state index in [1.165, 1.54) is 0 Å². The third kappa shape index (κ3) is 7.83. The zero-order valence-electron chi connectivity index (χ0n) is 14.1. The number of benzene rings is 1. The third-order valence-electron chi connectivity index (χ3n) is 2.98. The number of primary amides is 1. The predicted molar refractivity (Wildman–Crippen MR) is 93.6 cm³/mol. The number of rotatable bonds is 12. The zero-order valence-corrected chi connectivity index (χ0v) is 14.9. The van der Waals surface area contributed by atoms with E-state index >= 15 is 0 Å². The smallest absolute Gasteiger partial charge is 0.255 e. The maximum Gasteiger partial charge on any atom is 0.255 e. The summed E-state index contributed by atoms with van der Waals surface area (Å²) in [6.07, 6.45) is -0.356. The van der Waals surface area contributed by atoms with Crippen molar-refractivity contribution in [2.75, 3.05) is 32.8 Å². The highest BCUT2D eigenvalue weighted by atomic mass is 35.5. The van der Waals surface area contributed by atoms with E-state index in [9.17, 15) is 4.79 Å². The molecule has 1 aromatic rings. The van der Waals surface area contributed by atoms with Gasteiger partial charge in [-0.15, -0.1) is 0 Å². The quantitative estimate of drug-likeness (QED) is 0.409. The number of carbonyl (C=O) groups is 1. The van der Waals surface area contributed by atoms with E-state index in [0.29, 0.717) is 36.2 Å². The van der Waals surface area contributed by atoms with Crippen molar-refractivity contribution in [1.29, 1.82) is 0 Å². The fourth-order valence-corrected chi connectivity index (χ4v) is 2.28. The fourth-order valence-electron chi connectivity index (χ4n) is 1.99. The standard InChI is InChI=1S/C16H26ClN3O4/c1-3-23-14-7-12(9-20-5-4-19-8-11(2)21)6-13(17)16(14)24-10-15(18)22/h6-7,11,19-21H,3-5,8-10H2,1-2H3,(H2,18,22)/t11-/m1/s1. The van der Waals surface area contributed by atoms with Gasteiger partial charge < -0.3 is 30.9 Å². The maximum absolute atomic E-state index is 10.9. The largest absolute Gasteiger partial charge is 0.490 e. The molecule has 1 atom stereocenters. The van der Waals surface area contributed by atoms with Crippen LogP contribution < -0.4 is 25.8 Å². The number of hydrogen-bond donors (Lipinski definition) is 4. The van der Waals surface area contributed by atoms with Crippen LogP contribution in [-0.2, 0) is 11.3 Å². The van der Waals surface area contributed by atoms with Gasteiger partial charge in [-0.25, -0.2) is 0 Å². The van der Waals surface area contributed by atoms with E-state index in [1.54, 1.807) is 13.0 Å². The Bertz CT molecular complexity index is 526. The number of ether oxygens (including phenoxy) is 2. The second kappa shape index (κ2) is 11.1. The Balaban J connectivity index is 2.60. The molecule has 0 radical (unpaired) electrons. The summed E-state index contributed by atoms with van der Waals surface area (Å²) in [6, 6.07) is 3.58. The monoisotopic (exact) mass is 359 g/mol. The molecular weight excluding hydrogens is 334 g/mol. The summed E-state index contributed by atoms with van der Waals surface area (Å²) in [5.74, 6) is 0.221. The fraction of sp³-hybridized carbons (Fsp3) is 0.562. The van der Waals surface area contributed by atoms with Gasteiger partial charge in [0.25, 0.3) is 5.91 Å². The predicted octanol–water partition coefficient (Wildman–Crippen LogP) is 0.663. The molecule has 8 heteroatoms. The van der Waals surface area contributed by atoms with Crippen molar-refractivity contribution in [2.24, 2.45) is 5.73 Å². The molecule has 7 nitrogen and oxygen atoms in total. The molecule has 24 heavy (non-hydrogen) atoms. The van der Waals surface area contributed by atoms with Crippen molar-refractivity contribution in [3.63, 3.8) is 0 Å². The van der Waals surface area contributed by atoms with Gasteiger partial charge in [0.1, 0.15) is 0 Å². The van der Waals surface area contributed by atoms with E-state index < -0.39 is 5.91 Å². The Morgan fingerprint density at radius 3 is 2.67 bits per heavy atom. The first-order valence-electron chi connectivity index (χ1n) is 7.89. The minimum Gasteiger partial charge on any atom is -0.490 e. The molecule has 0 aromatic heterocycles. The lowest BCUT2D eigenvalue weighted by Gasteiger charge is -2.15. The van der Waals surface area contributed by atoms with Gasteiger partial charge in [0.2, 0.25) is 0 Å². The summed E-state index contributed by atoms with van der Waals surface area (Å²) in [4.78, 5) is 10.9. The van der Waals surface area contributed by atoms with Crippen LogP contribution in [0.25, 0.3) is 0 Å². The Morgan fingerprint density at radius 1 is 1.33 bits per heavy atom. The van der Waals surface area contributed by atoms with Crippen LogP contribution in [0.15, 0.2) is 12.1 Å². The van der Waals surface area contributed by atoms with E-state index in [0.717, 1.165) is 18.7 Å². The Labute approximate surface area is 147 Å². The van der Waals surface area contributed by atoms with E-state index in [4.69, 9.17) is 31.9 Å². The molecule has 1 amide bonds. The van der Waals surface area contributed by atoms with Crippen LogP contribution in [0, 0.1) is 0 Å². The van der Waals surface area contributed by atoms with Gasteiger partial charge in [0.05, 0.1) is 17.7 Å². The topological polar surface area (TPSA) is 106 Å². The molecule has 5 N–H and O–H groups in total. The zero-order chi connectivity index (χ0) is 17.9. The second-order valence-corrected chi connectivity index (χ2v) is 5.73. The normalized spacial score (nSPS) is 12.0. The average molecular weight is 360 g/mol. The number of nitrogens with two attached hydrogens (primary N) is 1. The SMILES string of the molecule is CCOc1cc(CNCCNC[C@@H](C)O)cc(Cl)c1OCC(N)=O. The summed E-state index contributed by atoms with van der Waals surface area (Å²) in [6.45, 7) is 6.44. The van der Waals surface area contributed by atoms with Gasteiger partial charge in [-0.05, 0) is 31.5 Å². The molecule has 0 saturated heterocycles. The molecule has 0 aliphatic carbocycles. The van der Waals surface area contributed by atoms with Crippen molar-refractivity contribution in [3.8, 4) is 11.5 Å². The van der Waals surface area contributed by atoms with Crippen LogP contribution in [0.5, 0.6) is 11.5 Å². The van der Waals surface area contributed by atoms with Crippen molar-refractivity contribution in [1.82, 2.24) is 10.6 Å². The molecule has 0 fully saturated rings. The van der Waals surface area contributed by atoms with Crippen LogP contribution in [-0.4, -0.2) is 50.0 Å². The molecule has 0 heterocycles. The number of amides is 1. The van der Waals surface area contributed by atoms with Crippen molar-refractivity contribution in [3.05, 3.63) is 22.7 Å². The van der Waals surface area contributed by atoms with Crippen LogP contribution in [0.3, 0.4) is 0 Å². The second-order valence-electron chi connectivity index (χ2n) is 5.32. The molecule has 136 valence electrons. The Morgan fingerprint density at radius 2 is 2.04 bits per heavy atom. The minimum atomic E-state index is -0.580. The van der Waals surface area contributed by atoms with Crippen molar-refractivity contribution in [2.45, 2.75) is 26.5 Å². The summed E-state index contributed by atoms with van der Waals surface area (Å²) in [7, 11) is 0. The molecular formula is C16H26ClN3O4. The molecule has 0 aliphatic rings. The molecule has 1 aromatic carbocycles. The van der Waals surface area contributed by atoms with E-state index in [2.05, 4.69) is 10.6 Å². The van der Waals surface area contributed by atoms with Gasteiger partial charge in [-0.1, -0.05) is 11.6 Å². The van der Waals surface area contributed by atoms with Gasteiger partial charge in [-0.2, -0.15) is 0 Å². The average Bonchev–Trinajstić information content (AvgIpc) is 2.49. The lowest BCUT2D eigenvalue weighted by atomic mass is 10.2. The number of halogens is 1. The van der Waals surface area contributed by atoms with Crippen molar-refractivity contribution < 1.29 is 19.4 Å². The van der Waals surface area contributed by atoms with Crippen LogP contribution in [0.2, 0.25) is 5.02 Å². The maximum atomic E-state index is 10.9. The van der Waals surface area contributed by atoms with Crippen LogP contribution in [0.4, 0.5) is 0 Å². The highest BCUT2D eigenvalue weighted by Crippen LogP contribution is 2.36. The number of carbonyl (C=O) groups excluding carboxylic acids is 1. The highest BCUT2D eigenvalue weighted by Gasteiger charge is 2.13. The van der Waals surface area contributed by atoms with Gasteiger partial charge in [0, 0.05) is 26.2 Å². The molecule has 0 saturated carbocycles. The summed E-state index contributed by atoms with van der Waals surface area (Å²) >= 11 is 6.23. The third-order valence-corrected chi connectivity index (χ3v) is 3.26. The number of hydrogen-bond acceptors (Lipinski definition) is 6. The molecule has 0 bridgehead atoms. The molecule has 0 unspecified atom stereocenters.